The quantitative estimate of drug-likeness (QED) is 0.797. The fourth-order valence-electron chi connectivity index (χ4n) is 1.59. The molecule has 0 aliphatic heterocycles. The van der Waals surface area contributed by atoms with E-state index in [1.54, 1.807) is 6.92 Å². The SMILES string of the molecule is Cc1c(C(=O)O)sc2ncnc(OCCCO)c12. The first-order valence-electron chi connectivity index (χ1n) is 5.36. The third-order valence-corrected chi connectivity index (χ3v) is 3.62. The summed E-state index contributed by atoms with van der Waals surface area (Å²) in [7, 11) is 0. The van der Waals surface area contributed by atoms with E-state index < -0.39 is 5.97 Å². The van der Waals surface area contributed by atoms with Gasteiger partial charge in [-0.25, -0.2) is 14.8 Å². The van der Waals surface area contributed by atoms with Crippen LogP contribution in [0.5, 0.6) is 5.88 Å². The Morgan fingerprint density at radius 1 is 1.50 bits per heavy atom. The predicted molar refractivity (Wildman–Crippen MR) is 66.3 cm³/mol. The maximum atomic E-state index is 11.1. The molecule has 2 heterocycles. The zero-order valence-electron chi connectivity index (χ0n) is 9.71. The van der Waals surface area contributed by atoms with Crippen molar-refractivity contribution in [2.75, 3.05) is 13.2 Å². The molecular weight excluding hydrogens is 256 g/mol. The number of nitrogens with zero attached hydrogens (tertiary/aromatic N) is 2. The van der Waals surface area contributed by atoms with Gasteiger partial charge in [-0.2, -0.15) is 0 Å². The monoisotopic (exact) mass is 268 g/mol. The number of aryl methyl sites for hydroxylation is 1. The number of fused-ring (bicyclic) bond motifs is 1. The van der Waals surface area contributed by atoms with E-state index in [4.69, 9.17) is 14.9 Å². The molecule has 2 N–H and O–H groups in total. The van der Waals surface area contributed by atoms with E-state index in [-0.39, 0.29) is 11.5 Å². The number of rotatable bonds is 5. The number of aromatic carboxylic acids is 1. The Labute approximate surface area is 107 Å². The highest BCUT2D eigenvalue weighted by molar-refractivity contribution is 7.20. The van der Waals surface area contributed by atoms with Crippen molar-refractivity contribution in [3.05, 3.63) is 16.8 Å². The minimum Gasteiger partial charge on any atom is -0.477 e. The predicted octanol–water partition coefficient (Wildman–Crippen LogP) is 1.46. The van der Waals surface area contributed by atoms with Gasteiger partial charge in [0.2, 0.25) is 5.88 Å². The van der Waals surface area contributed by atoms with Gasteiger partial charge in [-0.3, -0.25) is 0 Å². The number of aliphatic hydroxyl groups excluding tert-OH is 1. The van der Waals surface area contributed by atoms with Crippen molar-refractivity contribution in [2.45, 2.75) is 13.3 Å². The molecule has 7 heteroatoms. The van der Waals surface area contributed by atoms with Crippen LogP contribution in [-0.4, -0.2) is 39.4 Å². The van der Waals surface area contributed by atoms with Crippen LogP contribution in [0.3, 0.4) is 0 Å². The number of carbonyl (C=O) groups is 1. The van der Waals surface area contributed by atoms with Crippen LogP contribution in [0.15, 0.2) is 6.33 Å². The normalized spacial score (nSPS) is 10.8. The first-order valence-corrected chi connectivity index (χ1v) is 6.18. The van der Waals surface area contributed by atoms with Crippen LogP contribution in [0.2, 0.25) is 0 Å². The average molecular weight is 268 g/mol. The van der Waals surface area contributed by atoms with Gasteiger partial charge in [0.1, 0.15) is 16.0 Å². The molecular formula is C11H12N2O4S. The van der Waals surface area contributed by atoms with E-state index in [1.165, 1.54) is 6.33 Å². The molecule has 6 nitrogen and oxygen atoms in total. The zero-order chi connectivity index (χ0) is 13.1. The lowest BCUT2D eigenvalue weighted by atomic mass is 10.2. The third kappa shape index (κ3) is 2.27. The number of hydrogen-bond acceptors (Lipinski definition) is 6. The zero-order valence-corrected chi connectivity index (χ0v) is 10.5. The summed E-state index contributed by atoms with van der Waals surface area (Å²) >= 11 is 1.11. The molecule has 18 heavy (non-hydrogen) atoms. The number of aliphatic hydroxyl groups is 1. The molecule has 2 aromatic rings. The Morgan fingerprint density at radius 2 is 2.28 bits per heavy atom. The number of hydrogen-bond donors (Lipinski definition) is 2. The van der Waals surface area contributed by atoms with E-state index in [0.717, 1.165) is 11.3 Å². The average Bonchev–Trinajstić information content (AvgIpc) is 2.68. The second kappa shape index (κ2) is 5.28. The number of carboxylic acid groups (broad SMARTS) is 1. The van der Waals surface area contributed by atoms with Crippen molar-refractivity contribution < 1.29 is 19.7 Å². The van der Waals surface area contributed by atoms with E-state index in [0.29, 0.717) is 34.7 Å². The molecule has 0 spiro atoms. The maximum Gasteiger partial charge on any atom is 0.346 e. The first kappa shape index (κ1) is 12.7. The van der Waals surface area contributed by atoms with Crippen molar-refractivity contribution in [1.82, 2.24) is 9.97 Å². The van der Waals surface area contributed by atoms with Crippen molar-refractivity contribution in [1.29, 1.82) is 0 Å². The molecule has 0 aromatic carbocycles. The molecule has 0 aliphatic carbocycles. The number of thiophene rings is 1. The van der Waals surface area contributed by atoms with Gasteiger partial charge in [-0.15, -0.1) is 11.3 Å². The minimum atomic E-state index is -0.975. The topological polar surface area (TPSA) is 92.5 Å². The van der Waals surface area contributed by atoms with Crippen molar-refractivity contribution >= 4 is 27.5 Å². The highest BCUT2D eigenvalue weighted by atomic mass is 32.1. The molecule has 0 fully saturated rings. The van der Waals surface area contributed by atoms with Crippen molar-refractivity contribution in [2.24, 2.45) is 0 Å². The summed E-state index contributed by atoms with van der Waals surface area (Å²) in [5.41, 5.74) is 0.613. The Balaban J connectivity index is 2.44. The van der Waals surface area contributed by atoms with E-state index in [2.05, 4.69) is 9.97 Å². The van der Waals surface area contributed by atoms with Gasteiger partial charge < -0.3 is 14.9 Å². The van der Waals surface area contributed by atoms with Crippen molar-refractivity contribution in [3.8, 4) is 5.88 Å². The molecule has 0 saturated carbocycles. The van der Waals surface area contributed by atoms with Crippen LogP contribution in [0.4, 0.5) is 0 Å². The third-order valence-electron chi connectivity index (χ3n) is 2.43. The van der Waals surface area contributed by atoms with Crippen LogP contribution in [0.25, 0.3) is 10.2 Å². The summed E-state index contributed by atoms with van der Waals surface area (Å²) in [6.07, 6.45) is 1.85. The molecule has 0 bridgehead atoms. The highest BCUT2D eigenvalue weighted by Gasteiger charge is 2.19. The summed E-state index contributed by atoms with van der Waals surface area (Å²) in [5.74, 6) is -0.605. The second-order valence-corrected chi connectivity index (χ2v) is 4.65. The Morgan fingerprint density at radius 3 is 2.94 bits per heavy atom. The van der Waals surface area contributed by atoms with Crippen molar-refractivity contribution in [3.63, 3.8) is 0 Å². The Hall–Kier alpha value is -1.73. The van der Waals surface area contributed by atoms with Gasteiger partial charge in [0.05, 0.1) is 12.0 Å². The Kier molecular flexibility index (Phi) is 3.73. The fourth-order valence-corrected chi connectivity index (χ4v) is 2.56. The van der Waals surface area contributed by atoms with Gasteiger partial charge in [0.15, 0.2) is 0 Å². The van der Waals surface area contributed by atoms with Gasteiger partial charge in [0.25, 0.3) is 0 Å². The molecule has 2 aromatic heterocycles. The summed E-state index contributed by atoms with van der Waals surface area (Å²) < 4.78 is 5.44. The lowest BCUT2D eigenvalue weighted by Crippen LogP contribution is -2.02. The van der Waals surface area contributed by atoms with Crippen LogP contribution >= 0.6 is 11.3 Å². The van der Waals surface area contributed by atoms with Gasteiger partial charge in [-0.1, -0.05) is 0 Å². The summed E-state index contributed by atoms with van der Waals surface area (Å²) in [6, 6.07) is 0. The van der Waals surface area contributed by atoms with Gasteiger partial charge in [0, 0.05) is 13.0 Å². The second-order valence-electron chi connectivity index (χ2n) is 3.65. The molecule has 0 unspecified atom stereocenters. The number of carboxylic acids is 1. The summed E-state index contributed by atoms with van der Waals surface area (Å²) in [6.45, 7) is 2.09. The lowest BCUT2D eigenvalue weighted by molar-refractivity contribution is 0.0701. The van der Waals surface area contributed by atoms with E-state index >= 15 is 0 Å². The van der Waals surface area contributed by atoms with Crippen LogP contribution < -0.4 is 4.74 Å². The number of aromatic nitrogens is 2. The van der Waals surface area contributed by atoms with Crippen LogP contribution in [0, 0.1) is 6.92 Å². The minimum absolute atomic E-state index is 0.0389. The smallest absolute Gasteiger partial charge is 0.346 e. The van der Waals surface area contributed by atoms with E-state index in [1.807, 2.05) is 0 Å². The first-order chi connectivity index (χ1) is 8.65. The summed E-state index contributed by atoms with van der Waals surface area (Å²) in [5, 5.41) is 18.4. The highest BCUT2D eigenvalue weighted by Crippen LogP contribution is 2.34. The maximum absolute atomic E-state index is 11.1. The molecule has 2 rings (SSSR count). The number of ether oxygens (including phenoxy) is 1. The lowest BCUT2D eigenvalue weighted by Gasteiger charge is -2.05. The van der Waals surface area contributed by atoms with E-state index in [9.17, 15) is 4.79 Å². The standard InChI is InChI=1S/C11H12N2O4S/c1-6-7-9(17-4-2-3-14)12-5-13-10(7)18-8(6)11(15)16/h5,14H,2-4H2,1H3,(H,15,16). The van der Waals surface area contributed by atoms with Crippen LogP contribution in [-0.2, 0) is 0 Å². The summed E-state index contributed by atoms with van der Waals surface area (Å²) in [4.78, 5) is 20.0. The molecule has 0 radical (unpaired) electrons. The van der Waals surface area contributed by atoms with Gasteiger partial charge in [-0.05, 0) is 12.5 Å². The van der Waals surface area contributed by atoms with Gasteiger partial charge >= 0.3 is 5.97 Å². The van der Waals surface area contributed by atoms with Crippen LogP contribution in [0.1, 0.15) is 21.7 Å². The molecule has 0 amide bonds. The molecule has 0 atom stereocenters. The molecule has 96 valence electrons. The fraction of sp³-hybridized carbons (Fsp3) is 0.364. The Bertz CT molecular complexity index is 582. The largest absolute Gasteiger partial charge is 0.477 e. The molecule has 0 aliphatic rings. The molecule has 0 saturated heterocycles.